The van der Waals surface area contributed by atoms with Gasteiger partial charge in [-0.2, -0.15) is 5.26 Å². The van der Waals surface area contributed by atoms with Gasteiger partial charge in [-0.3, -0.25) is 9.36 Å². The molecule has 0 spiro atoms. The molecule has 0 aromatic carbocycles. The Kier molecular flexibility index (Phi) is 6.22. The molecule has 2 heterocycles. The molecule has 0 N–H and O–H groups in total. The van der Waals surface area contributed by atoms with Crippen molar-refractivity contribution in [3.05, 3.63) is 20.8 Å². The third kappa shape index (κ3) is 3.94. The van der Waals surface area contributed by atoms with E-state index < -0.39 is 0 Å². The van der Waals surface area contributed by atoms with Crippen molar-refractivity contribution in [3.8, 4) is 6.07 Å². The fraction of sp³-hybridized carbons (Fsp3) is 0.562. The second kappa shape index (κ2) is 7.95. The van der Waals surface area contributed by atoms with Crippen molar-refractivity contribution in [1.29, 1.82) is 5.26 Å². The summed E-state index contributed by atoms with van der Waals surface area (Å²) in [4.78, 5) is 19.4. The Morgan fingerprint density at radius 2 is 2.22 bits per heavy atom. The predicted octanol–water partition coefficient (Wildman–Crippen LogP) is 3.51. The lowest BCUT2D eigenvalue weighted by Gasteiger charge is -2.12. The summed E-state index contributed by atoms with van der Waals surface area (Å²) < 4.78 is 7.05. The molecular weight excluding hydrogens is 330 g/mol. The standard InChI is InChI=1S/C16H21N3O2S2/c1-5-21-8-6-7-19-15(20)13-11(3)12(4)23-14(13)18-16(19)22-10(2)9-17/h10H,5-8H2,1-4H3/t10-/m1/s1. The van der Waals surface area contributed by atoms with Gasteiger partial charge >= 0.3 is 0 Å². The number of thioether (sulfide) groups is 1. The van der Waals surface area contributed by atoms with E-state index in [1.165, 1.54) is 23.1 Å². The molecule has 2 aromatic rings. The number of hydrogen-bond donors (Lipinski definition) is 0. The lowest BCUT2D eigenvalue weighted by molar-refractivity contribution is 0.140. The molecule has 0 aliphatic carbocycles. The van der Waals surface area contributed by atoms with Crippen LogP contribution >= 0.6 is 23.1 Å². The van der Waals surface area contributed by atoms with Crippen LogP contribution in [-0.2, 0) is 11.3 Å². The maximum absolute atomic E-state index is 12.9. The van der Waals surface area contributed by atoms with Crippen LogP contribution in [0, 0.1) is 25.2 Å². The van der Waals surface area contributed by atoms with Crippen LogP contribution in [0.25, 0.3) is 10.2 Å². The summed E-state index contributed by atoms with van der Waals surface area (Å²) in [6, 6.07) is 2.19. The lowest BCUT2D eigenvalue weighted by atomic mass is 10.2. The van der Waals surface area contributed by atoms with Gasteiger partial charge in [0.05, 0.1) is 16.7 Å². The highest BCUT2D eigenvalue weighted by atomic mass is 32.2. The first kappa shape index (κ1) is 18.0. The molecule has 0 saturated heterocycles. The summed E-state index contributed by atoms with van der Waals surface area (Å²) >= 11 is 2.87. The molecule has 0 bridgehead atoms. The molecule has 0 aliphatic heterocycles. The van der Waals surface area contributed by atoms with Crippen molar-refractivity contribution in [2.45, 2.75) is 51.1 Å². The molecule has 0 aliphatic rings. The van der Waals surface area contributed by atoms with Gasteiger partial charge in [-0.15, -0.1) is 11.3 Å². The molecule has 7 heteroatoms. The highest BCUT2D eigenvalue weighted by Gasteiger charge is 2.18. The van der Waals surface area contributed by atoms with Gasteiger partial charge in [0.25, 0.3) is 5.56 Å². The fourth-order valence-electron chi connectivity index (χ4n) is 2.25. The zero-order chi connectivity index (χ0) is 17.0. The van der Waals surface area contributed by atoms with Gasteiger partial charge in [0, 0.05) is 24.6 Å². The van der Waals surface area contributed by atoms with Gasteiger partial charge < -0.3 is 4.74 Å². The zero-order valence-electron chi connectivity index (χ0n) is 13.9. The molecule has 0 fully saturated rings. The first-order valence-corrected chi connectivity index (χ1v) is 9.33. The average molecular weight is 351 g/mol. The van der Waals surface area contributed by atoms with E-state index >= 15 is 0 Å². The maximum atomic E-state index is 12.9. The summed E-state index contributed by atoms with van der Waals surface area (Å²) in [5.74, 6) is 0. The van der Waals surface area contributed by atoms with E-state index in [1.807, 2.05) is 27.7 Å². The Labute approximate surface area is 144 Å². The molecule has 0 unspecified atom stereocenters. The molecule has 2 rings (SSSR count). The Bertz CT molecular complexity index is 789. The van der Waals surface area contributed by atoms with E-state index in [1.54, 1.807) is 4.57 Å². The SMILES string of the molecule is CCOCCCn1c(S[C@H](C)C#N)nc2sc(C)c(C)c2c1=O. The van der Waals surface area contributed by atoms with E-state index in [9.17, 15) is 4.79 Å². The van der Waals surface area contributed by atoms with Gasteiger partial charge in [-0.25, -0.2) is 4.98 Å². The van der Waals surface area contributed by atoms with Crippen molar-refractivity contribution in [2.75, 3.05) is 13.2 Å². The van der Waals surface area contributed by atoms with Crippen LogP contribution in [0.1, 0.15) is 30.7 Å². The van der Waals surface area contributed by atoms with Crippen LogP contribution < -0.4 is 5.56 Å². The summed E-state index contributed by atoms with van der Waals surface area (Å²) in [5, 5.41) is 10.1. The van der Waals surface area contributed by atoms with Crippen LogP contribution in [0.5, 0.6) is 0 Å². The monoisotopic (exact) mass is 351 g/mol. The maximum Gasteiger partial charge on any atom is 0.263 e. The molecule has 23 heavy (non-hydrogen) atoms. The number of aromatic nitrogens is 2. The van der Waals surface area contributed by atoms with Crippen molar-refractivity contribution < 1.29 is 4.74 Å². The average Bonchev–Trinajstić information content (AvgIpc) is 2.80. The van der Waals surface area contributed by atoms with E-state index in [2.05, 4.69) is 11.1 Å². The van der Waals surface area contributed by atoms with Crippen molar-refractivity contribution in [3.63, 3.8) is 0 Å². The number of rotatable bonds is 7. The summed E-state index contributed by atoms with van der Waals surface area (Å²) in [7, 11) is 0. The number of ether oxygens (including phenoxy) is 1. The van der Waals surface area contributed by atoms with Gasteiger partial charge in [0.1, 0.15) is 4.83 Å². The number of thiophene rings is 1. The highest BCUT2D eigenvalue weighted by molar-refractivity contribution is 8.00. The number of nitrogens with zero attached hydrogens (tertiary/aromatic N) is 3. The van der Waals surface area contributed by atoms with Crippen molar-refractivity contribution in [1.82, 2.24) is 9.55 Å². The molecule has 124 valence electrons. The van der Waals surface area contributed by atoms with Gasteiger partial charge in [0.2, 0.25) is 0 Å². The topological polar surface area (TPSA) is 67.9 Å². The molecule has 5 nitrogen and oxygen atoms in total. The van der Waals surface area contributed by atoms with E-state index in [0.29, 0.717) is 30.3 Å². The number of fused-ring (bicyclic) bond motifs is 1. The van der Waals surface area contributed by atoms with E-state index in [4.69, 9.17) is 10.00 Å². The van der Waals surface area contributed by atoms with Crippen LogP contribution in [-0.4, -0.2) is 28.0 Å². The minimum absolute atomic E-state index is 0.0130. The fourth-order valence-corrected chi connectivity index (χ4v) is 4.14. The van der Waals surface area contributed by atoms with E-state index in [0.717, 1.165) is 21.7 Å². The zero-order valence-corrected chi connectivity index (χ0v) is 15.5. The predicted molar refractivity (Wildman–Crippen MR) is 95.4 cm³/mol. The molecule has 0 radical (unpaired) electrons. The first-order valence-electron chi connectivity index (χ1n) is 7.64. The Morgan fingerprint density at radius 3 is 2.87 bits per heavy atom. The number of hydrogen-bond acceptors (Lipinski definition) is 6. The van der Waals surface area contributed by atoms with Crippen LogP contribution in [0.4, 0.5) is 0 Å². The minimum atomic E-state index is -0.250. The third-order valence-corrected chi connectivity index (χ3v) is 5.67. The Morgan fingerprint density at radius 1 is 1.48 bits per heavy atom. The normalized spacial score (nSPS) is 12.5. The van der Waals surface area contributed by atoms with Crippen molar-refractivity contribution >= 4 is 33.3 Å². The third-order valence-electron chi connectivity index (χ3n) is 3.59. The van der Waals surface area contributed by atoms with Gasteiger partial charge in [-0.1, -0.05) is 11.8 Å². The molecule has 0 amide bonds. The van der Waals surface area contributed by atoms with Crippen LogP contribution in [0.15, 0.2) is 9.95 Å². The first-order chi connectivity index (χ1) is 11.0. The largest absolute Gasteiger partial charge is 0.382 e. The van der Waals surface area contributed by atoms with Crippen LogP contribution in [0.3, 0.4) is 0 Å². The Hall–Kier alpha value is -1.36. The quantitative estimate of drug-likeness (QED) is 0.434. The lowest BCUT2D eigenvalue weighted by Crippen LogP contribution is -2.24. The summed E-state index contributed by atoms with van der Waals surface area (Å²) in [6.45, 7) is 9.57. The number of nitriles is 1. The second-order valence-corrected chi connectivity index (χ2v) is 7.77. The summed E-state index contributed by atoms with van der Waals surface area (Å²) in [6.07, 6.45) is 0.748. The second-order valence-electron chi connectivity index (χ2n) is 5.25. The van der Waals surface area contributed by atoms with Gasteiger partial charge in [0.15, 0.2) is 5.16 Å². The molecular formula is C16H21N3O2S2. The highest BCUT2D eigenvalue weighted by Crippen LogP contribution is 2.29. The number of aryl methyl sites for hydroxylation is 2. The van der Waals surface area contributed by atoms with Crippen molar-refractivity contribution in [2.24, 2.45) is 0 Å². The Balaban J connectivity index is 2.47. The van der Waals surface area contributed by atoms with Gasteiger partial charge in [-0.05, 0) is 39.7 Å². The smallest absolute Gasteiger partial charge is 0.263 e. The molecule has 1 atom stereocenters. The molecule has 0 saturated carbocycles. The van der Waals surface area contributed by atoms with E-state index in [-0.39, 0.29) is 10.8 Å². The molecule has 2 aromatic heterocycles. The minimum Gasteiger partial charge on any atom is -0.382 e. The van der Waals surface area contributed by atoms with Crippen LogP contribution in [0.2, 0.25) is 0 Å². The summed E-state index contributed by atoms with van der Waals surface area (Å²) in [5.41, 5.74) is 0.993.